The molecule has 0 aliphatic carbocycles. The first-order chi connectivity index (χ1) is 13.0. The number of fused-ring (bicyclic) bond motifs is 1. The summed E-state index contributed by atoms with van der Waals surface area (Å²) in [7, 11) is 1.79. The molecule has 1 fully saturated rings. The number of nitrogens with zero attached hydrogens (tertiary/aromatic N) is 4. The van der Waals surface area contributed by atoms with E-state index in [0.29, 0.717) is 5.39 Å². The van der Waals surface area contributed by atoms with Gasteiger partial charge >= 0.3 is 0 Å². The van der Waals surface area contributed by atoms with Gasteiger partial charge in [0.25, 0.3) is 5.91 Å². The SMILES string of the molecule is CN1CC[C@@H](C#Cc2cccc(-n3nc(C(N)=O)c4cnccc43)c2)C1=O. The van der Waals surface area contributed by atoms with Crippen LogP contribution in [-0.4, -0.2) is 45.1 Å². The highest BCUT2D eigenvalue weighted by molar-refractivity contribution is 6.04. The van der Waals surface area contributed by atoms with E-state index in [0.717, 1.165) is 29.7 Å². The van der Waals surface area contributed by atoms with Crippen molar-refractivity contribution < 1.29 is 9.59 Å². The van der Waals surface area contributed by atoms with Crippen LogP contribution >= 0.6 is 0 Å². The topological polar surface area (TPSA) is 94.1 Å². The molecule has 0 spiro atoms. The third kappa shape index (κ3) is 3.02. The van der Waals surface area contributed by atoms with Crippen molar-refractivity contribution >= 4 is 22.7 Å². The lowest BCUT2D eigenvalue weighted by molar-refractivity contribution is -0.128. The fourth-order valence-electron chi connectivity index (χ4n) is 3.18. The fraction of sp³-hybridized carbons (Fsp3) is 0.200. The third-order valence-corrected chi connectivity index (χ3v) is 4.62. The van der Waals surface area contributed by atoms with E-state index in [9.17, 15) is 9.59 Å². The molecule has 7 nitrogen and oxygen atoms in total. The molecule has 1 aliphatic heterocycles. The van der Waals surface area contributed by atoms with Gasteiger partial charge in [-0.25, -0.2) is 4.68 Å². The van der Waals surface area contributed by atoms with E-state index < -0.39 is 5.91 Å². The van der Waals surface area contributed by atoms with E-state index in [2.05, 4.69) is 21.9 Å². The van der Waals surface area contributed by atoms with Crippen LogP contribution in [0.1, 0.15) is 22.5 Å². The van der Waals surface area contributed by atoms with Crippen LogP contribution < -0.4 is 5.73 Å². The van der Waals surface area contributed by atoms with Crippen molar-refractivity contribution in [1.82, 2.24) is 19.7 Å². The molecule has 2 N–H and O–H groups in total. The first-order valence-electron chi connectivity index (χ1n) is 8.54. The van der Waals surface area contributed by atoms with Crippen LogP contribution in [-0.2, 0) is 4.79 Å². The molecule has 3 heterocycles. The summed E-state index contributed by atoms with van der Waals surface area (Å²) in [6.07, 6.45) is 3.96. The second-order valence-corrected chi connectivity index (χ2v) is 6.44. The highest BCUT2D eigenvalue weighted by Gasteiger charge is 2.27. The normalized spacial score (nSPS) is 16.4. The standard InChI is InChI=1S/C20H17N5O2/c1-24-10-8-14(20(24)27)6-5-13-3-2-4-15(11-13)25-17-7-9-22-12-16(17)18(23-25)19(21)26/h2-4,7,9,11-12,14H,8,10H2,1H3,(H2,21,26)/t14-/m1/s1. The zero-order valence-corrected chi connectivity index (χ0v) is 14.7. The van der Waals surface area contributed by atoms with Crippen molar-refractivity contribution in [2.45, 2.75) is 6.42 Å². The van der Waals surface area contributed by atoms with Crippen molar-refractivity contribution in [2.75, 3.05) is 13.6 Å². The van der Waals surface area contributed by atoms with Crippen LogP contribution in [0.5, 0.6) is 0 Å². The molecule has 134 valence electrons. The molecular weight excluding hydrogens is 342 g/mol. The van der Waals surface area contributed by atoms with Crippen molar-refractivity contribution in [3.8, 4) is 17.5 Å². The summed E-state index contributed by atoms with van der Waals surface area (Å²) in [5, 5.41) is 4.95. The van der Waals surface area contributed by atoms with Gasteiger partial charge in [-0.3, -0.25) is 14.6 Å². The third-order valence-electron chi connectivity index (χ3n) is 4.62. The Morgan fingerprint density at radius 1 is 1.33 bits per heavy atom. The Balaban J connectivity index is 1.73. The van der Waals surface area contributed by atoms with Gasteiger partial charge in [0.05, 0.1) is 16.6 Å². The van der Waals surface area contributed by atoms with Crippen LogP contribution in [0.25, 0.3) is 16.6 Å². The highest BCUT2D eigenvalue weighted by atomic mass is 16.2. The average molecular weight is 359 g/mol. The van der Waals surface area contributed by atoms with E-state index >= 15 is 0 Å². The maximum atomic E-state index is 12.0. The molecule has 3 aromatic rings. The van der Waals surface area contributed by atoms with E-state index in [1.54, 1.807) is 35.1 Å². The Labute approximate surface area is 155 Å². The second kappa shape index (κ2) is 6.57. The molecule has 1 aliphatic rings. The predicted octanol–water partition coefficient (Wildman–Crippen LogP) is 1.35. The molecule has 2 aromatic heterocycles. The molecule has 2 amide bonds. The quantitative estimate of drug-likeness (QED) is 0.699. The Kier molecular flexibility index (Phi) is 4.09. The van der Waals surface area contributed by atoms with E-state index in [1.807, 2.05) is 24.3 Å². The van der Waals surface area contributed by atoms with Gasteiger partial charge in [0.2, 0.25) is 5.91 Å². The first kappa shape index (κ1) is 16.8. The molecule has 0 saturated carbocycles. The average Bonchev–Trinajstić information content (AvgIpc) is 3.22. The monoisotopic (exact) mass is 359 g/mol. The number of hydrogen-bond acceptors (Lipinski definition) is 4. The van der Waals surface area contributed by atoms with Gasteiger partial charge in [-0.2, -0.15) is 5.10 Å². The maximum absolute atomic E-state index is 12.0. The number of primary amides is 1. The Morgan fingerprint density at radius 2 is 2.19 bits per heavy atom. The van der Waals surface area contributed by atoms with Crippen molar-refractivity contribution in [1.29, 1.82) is 0 Å². The van der Waals surface area contributed by atoms with Crippen LogP contribution in [0.2, 0.25) is 0 Å². The van der Waals surface area contributed by atoms with E-state index in [4.69, 9.17) is 5.73 Å². The zero-order chi connectivity index (χ0) is 19.0. The summed E-state index contributed by atoms with van der Waals surface area (Å²) in [4.78, 5) is 29.4. The van der Waals surface area contributed by atoms with Crippen LogP contribution in [0.3, 0.4) is 0 Å². The second-order valence-electron chi connectivity index (χ2n) is 6.44. The van der Waals surface area contributed by atoms with Crippen LogP contribution in [0.15, 0.2) is 42.7 Å². The Morgan fingerprint density at radius 3 is 2.93 bits per heavy atom. The number of carbonyl (C=O) groups is 2. The summed E-state index contributed by atoms with van der Waals surface area (Å²) in [5.41, 5.74) is 7.87. The fourth-order valence-corrected chi connectivity index (χ4v) is 3.18. The highest BCUT2D eigenvalue weighted by Crippen LogP contribution is 2.22. The minimum Gasteiger partial charge on any atom is -0.364 e. The smallest absolute Gasteiger partial charge is 0.269 e. The molecule has 1 aromatic carbocycles. The molecule has 0 unspecified atom stereocenters. The number of benzene rings is 1. The van der Waals surface area contributed by atoms with Crippen molar-refractivity contribution in [3.05, 3.63) is 54.0 Å². The number of nitrogens with two attached hydrogens (primary N) is 1. The molecule has 1 atom stereocenters. The number of aromatic nitrogens is 3. The minimum atomic E-state index is -0.605. The van der Waals surface area contributed by atoms with Gasteiger partial charge in [-0.05, 0) is 30.7 Å². The molecular formula is C20H17N5O2. The molecule has 7 heteroatoms. The Hall–Kier alpha value is -3.66. The summed E-state index contributed by atoms with van der Waals surface area (Å²) < 4.78 is 1.65. The van der Waals surface area contributed by atoms with E-state index in [1.165, 1.54) is 0 Å². The predicted molar refractivity (Wildman–Crippen MR) is 100 cm³/mol. The van der Waals surface area contributed by atoms with E-state index in [-0.39, 0.29) is 17.5 Å². The number of rotatable bonds is 2. The summed E-state index contributed by atoms with van der Waals surface area (Å²) in [6.45, 7) is 0.738. The Bertz CT molecular complexity index is 1120. The maximum Gasteiger partial charge on any atom is 0.269 e. The van der Waals surface area contributed by atoms with Gasteiger partial charge in [-0.15, -0.1) is 0 Å². The van der Waals surface area contributed by atoms with Gasteiger partial charge < -0.3 is 10.6 Å². The largest absolute Gasteiger partial charge is 0.364 e. The molecule has 1 saturated heterocycles. The number of pyridine rings is 1. The summed E-state index contributed by atoms with van der Waals surface area (Å²) >= 11 is 0. The van der Waals surface area contributed by atoms with Crippen molar-refractivity contribution in [2.24, 2.45) is 11.7 Å². The molecule has 27 heavy (non-hydrogen) atoms. The summed E-state index contributed by atoms with van der Waals surface area (Å²) in [5.74, 6) is 5.35. The lowest BCUT2D eigenvalue weighted by Gasteiger charge is -2.05. The number of likely N-dealkylation sites (tertiary alicyclic amines) is 1. The van der Waals surface area contributed by atoms with Gasteiger partial charge in [-0.1, -0.05) is 17.9 Å². The van der Waals surface area contributed by atoms with Gasteiger partial charge in [0.15, 0.2) is 5.69 Å². The number of carbonyl (C=O) groups excluding carboxylic acids is 2. The minimum absolute atomic E-state index is 0.0651. The van der Waals surface area contributed by atoms with Gasteiger partial charge in [0, 0.05) is 31.5 Å². The molecule has 0 radical (unpaired) electrons. The van der Waals surface area contributed by atoms with Crippen LogP contribution in [0.4, 0.5) is 0 Å². The lowest BCUT2D eigenvalue weighted by Crippen LogP contribution is -2.21. The molecule has 4 rings (SSSR count). The summed E-state index contributed by atoms with van der Waals surface area (Å²) in [6, 6.07) is 9.26. The first-order valence-corrected chi connectivity index (χ1v) is 8.54. The number of hydrogen-bond donors (Lipinski definition) is 1. The number of amides is 2. The van der Waals surface area contributed by atoms with Gasteiger partial charge in [0.1, 0.15) is 5.92 Å². The van der Waals surface area contributed by atoms with Crippen molar-refractivity contribution in [3.63, 3.8) is 0 Å². The lowest BCUT2D eigenvalue weighted by atomic mass is 10.1. The zero-order valence-electron chi connectivity index (χ0n) is 14.7. The van der Waals surface area contributed by atoms with Crippen LogP contribution in [0, 0.1) is 17.8 Å². The molecule has 0 bridgehead atoms.